The van der Waals surface area contributed by atoms with E-state index in [-0.39, 0.29) is 18.0 Å². The largest absolute Gasteiger partial charge is 0.481 e. The molecule has 24 heavy (non-hydrogen) atoms. The fraction of sp³-hybridized carbons (Fsp3) is 0.471. The Hall–Kier alpha value is -2.44. The Balaban J connectivity index is 2.11. The quantitative estimate of drug-likeness (QED) is 0.770. The van der Waals surface area contributed by atoms with Gasteiger partial charge in [-0.2, -0.15) is 0 Å². The molecule has 0 aliphatic heterocycles. The first-order valence-electron chi connectivity index (χ1n) is 7.93. The van der Waals surface area contributed by atoms with Crippen molar-refractivity contribution >= 4 is 23.5 Å². The number of hydrogen-bond donors (Lipinski definition) is 3. The SMILES string of the molecule is CC(=O)Nc1ccc(F)c(C(=O)NCC2(C(=O)O)CCCCC2)c1. The maximum absolute atomic E-state index is 13.9. The van der Waals surface area contributed by atoms with E-state index in [9.17, 15) is 23.9 Å². The molecule has 1 fully saturated rings. The molecule has 7 heteroatoms. The number of carbonyl (C=O) groups is 3. The van der Waals surface area contributed by atoms with Gasteiger partial charge in [-0.05, 0) is 31.0 Å². The Morgan fingerprint density at radius 3 is 2.46 bits per heavy atom. The molecule has 1 aromatic carbocycles. The summed E-state index contributed by atoms with van der Waals surface area (Å²) in [5.41, 5.74) is -0.906. The minimum atomic E-state index is -0.986. The molecule has 1 aliphatic rings. The molecule has 0 bridgehead atoms. The van der Waals surface area contributed by atoms with Crippen LogP contribution in [0.25, 0.3) is 0 Å². The number of benzene rings is 1. The van der Waals surface area contributed by atoms with Crippen molar-refractivity contribution in [2.24, 2.45) is 5.41 Å². The Morgan fingerprint density at radius 2 is 1.88 bits per heavy atom. The maximum Gasteiger partial charge on any atom is 0.311 e. The molecule has 0 saturated heterocycles. The van der Waals surface area contributed by atoms with Crippen LogP contribution >= 0.6 is 0 Å². The average molecular weight is 336 g/mol. The molecule has 0 unspecified atom stereocenters. The van der Waals surface area contributed by atoms with E-state index >= 15 is 0 Å². The van der Waals surface area contributed by atoms with Gasteiger partial charge in [0.05, 0.1) is 11.0 Å². The van der Waals surface area contributed by atoms with Crippen molar-refractivity contribution in [3.8, 4) is 0 Å². The highest BCUT2D eigenvalue weighted by molar-refractivity contribution is 5.97. The number of rotatable bonds is 5. The Morgan fingerprint density at radius 1 is 1.21 bits per heavy atom. The first kappa shape index (κ1) is 17.9. The topological polar surface area (TPSA) is 95.5 Å². The van der Waals surface area contributed by atoms with Gasteiger partial charge in [-0.3, -0.25) is 14.4 Å². The van der Waals surface area contributed by atoms with E-state index in [0.29, 0.717) is 18.5 Å². The first-order chi connectivity index (χ1) is 11.3. The predicted octanol–water partition coefficient (Wildman–Crippen LogP) is 2.55. The zero-order valence-corrected chi connectivity index (χ0v) is 13.5. The standard InChI is InChI=1S/C17H21FN2O4/c1-11(21)20-12-5-6-14(18)13(9-12)15(22)19-10-17(16(23)24)7-3-2-4-8-17/h5-6,9H,2-4,7-8,10H2,1H3,(H,19,22)(H,20,21)(H,23,24). The van der Waals surface area contributed by atoms with Gasteiger partial charge in [0.2, 0.25) is 5.91 Å². The Kier molecular flexibility index (Phi) is 5.54. The molecule has 1 aliphatic carbocycles. The summed E-state index contributed by atoms with van der Waals surface area (Å²) in [6.07, 6.45) is 3.58. The van der Waals surface area contributed by atoms with E-state index in [2.05, 4.69) is 10.6 Å². The molecule has 3 N–H and O–H groups in total. The van der Waals surface area contributed by atoms with E-state index in [0.717, 1.165) is 25.3 Å². The molecule has 0 radical (unpaired) electrons. The molecule has 2 rings (SSSR count). The van der Waals surface area contributed by atoms with Crippen LogP contribution in [-0.4, -0.2) is 29.4 Å². The molecule has 0 heterocycles. The summed E-state index contributed by atoms with van der Waals surface area (Å²) < 4.78 is 13.9. The first-order valence-corrected chi connectivity index (χ1v) is 7.93. The number of anilines is 1. The fourth-order valence-corrected chi connectivity index (χ4v) is 3.02. The molecule has 0 spiro atoms. The second-order valence-corrected chi connectivity index (χ2v) is 6.20. The van der Waals surface area contributed by atoms with E-state index < -0.39 is 23.1 Å². The van der Waals surface area contributed by atoms with Crippen LogP contribution in [0, 0.1) is 11.2 Å². The number of carbonyl (C=O) groups excluding carboxylic acids is 2. The lowest BCUT2D eigenvalue weighted by Gasteiger charge is -2.33. The summed E-state index contributed by atoms with van der Waals surface area (Å²) in [4.78, 5) is 34.9. The summed E-state index contributed by atoms with van der Waals surface area (Å²) in [5.74, 6) is -2.68. The van der Waals surface area contributed by atoms with Crippen molar-refractivity contribution in [2.45, 2.75) is 39.0 Å². The van der Waals surface area contributed by atoms with Crippen molar-refractivity contribution < 1.29 is 23.9 Å². The zero-order chi connectivity index (χ0) is 17.7. The van der Waals surface area contributed by atoms with E-state index in [1.54, 1.807) is 0 Å². The molecule has 0 aromatic heterocycles. The van der Waals surface area contributed by atoms with Crippen molar-refractivity contribution in [1.29, 1.82) is 0 Å². The Labute approximate surface area is 139 Å². The zero-order valence-electron chi connectivity index (χ0n) is 13.5. The van der Waals surface area contributed by atoms with Crippen LogP contribution in [0.4, 0.5) is 10.1 Å². The Bertz CT molecular complexity index is 654. The van der Waals surface area contributed by atoms with Crippen LogP contribution in [-0.2, 0) is 9.59 Å². The molecule has 0 atom stereocenters. The van der Waals surface area contributed by atoms with Gasteiger partial charge < -0.3 is 15.7 Å². The number of carboxylic acids is 1. The smallest absolute Gasteiger partial charge is 0.311 e. The summed E-state index contributed by atoms with van der Waals surface area (Å²) in [6, 6.07) is 3.68. The monoisotopic (exact) mass is 336 g/mol. The maximum atomic E-state index is 13.9. The average Bonchev–Trinajstić information content (AvgIpc) is 2.54. The van der Waals surface area contributed by atoms with Crippen LogP contribution in [0.5, 0.6) is 0 Å². The lowest BCUT2D eigenvalue weighted by atomic mass is 9.74. The summed E-state index contributed by atoms with van der Waals surface area (Å²) in [7, 11) is 0. The summed E-state index contributed by atoms with van der Waals surface area (Å²) >= 11 is 0. The molecular formula is C17H21FN2O4. The lowest BCUT2D eigenvalue weighted by Crippen LogP contribution is -2.44. The summed E-state index contributed by atoms with van der Waals surface area (Å²) in [6.45, 7) is 1.27. The van der Waals surface area contributed by atoms with E-state index in [4.69, 9.17) is 0 Å². The minimum absolute atomic E-state index is 0.0367. The summed E-state index contributed by atoms with van der Waals surface area (Å²) in [5, 5.41) is 14.5. The van der Waals surface area contributed by atoms with E-state index in [1.165, 1.54) is 19.1 Å². The van der Waals surface area contributed by atoms with Crippen LogP contribution in [0.1, 0.15) is 49.4 Å². The number of halogens is 1. The molecule has 130 valence electrons. The van der Waals surface area contributed by atoms with Crippen LogP contribution in [0.3, 0.4) is 0 Å². The van der Waals surface area contributed by atoms with Gasteiger partial charge in [-0.25, -0.2) is 4.39 Å². The third-order valence-corrected chi connectivity index (χ3v) is 4.38. The number of aliphatic carboxylic acids is 1. The minimum Gasteiger partial charge on any atom is -0.481 e. The van der Waals surface area contributed by atoms with Gasteiger partial charge >= 0.3 is 5.97 Å². The number of hydrogen-bond acceptors (Lipinski definition) is 3. The van der Waals surface area contributed by atoms with Crippen LogP contribution in [0.15, 0.2) is 18.2 Å². The predicted molar refractivity (Wildman–Crippen MR) is 86.2 cm³/mol. The normalized spacial score (nSPS) is 16.2. The third kappa shape index (κ3) is 4.10. The van der Waals surface area contributed by atoms with Gasteiger partial charge in [-0.15, -0.1) is 0 Å². The molecule has 6 nitrogen and oxygen atoms in total. The van der Waals surface area contributed by atoms with Crippen molar-refractivity contribution in [3.63, 3.8) is 0 Å². The van der Waals surface area contributed by atoms with Crippen molar-refractivity contribution in [3.05, 3.63) is 29.6 Å². The number of nitrogens with one attached hydrogen (secondary N) is 2. The lowest BCUT2D eigenvalue weighted by molar-refractivity contribution is -0.150. The van der Waals surface area contributed by atoms with Gasteiger partial charge in [-0.1, -0.05) is 19.3 Å². The van der Waals surface area contributed by atoms with Crippen LogP contribution in [0.2, 0.25) is 0 Å². The van der Waals surface area contributed by atoms with Gasteiger partial charge in [0.25, 0.3) is 5.91 Å². The highest BCUT2D eigenvalue weighted by atomic mass is 19.1. The highest BCUT2D eigenvalue weighted by Crippen LogP contribution is 2.36. The third-order valence-electron chi connectivity index (χ3n) is 4.38. The molecule has 1 aromatic rings. The number of amides is 2. The van der Waals surface area contributed by atoms with E-state index in [1.807, 2.05) is 0 Å². The van der Waals surface area contributed by atoms with Gasteiger partial charge in [0, 0.05) is 19.2 Å². The molecule has 1 saturated carbocycles. The van der Waals surface area contributed by atoms with Crippen molar-refractivity contribution in [1.82, 2.24) is 5.32 Å². The van der Waals surface area contributed by atoms with Gasteiger partial charge in [0.1, 0.15) is 5.82 Å². The second kappa shape index (κ2) is 7.42. The van der Waals surface area contributed by atoms with Crippen LogP contribution < -0.4 is 10.6 Å². The molecule has 2 amide bonds. The highest BCUT2D eigenvalue weighted by Gasteiger charge is 2.39. The van der Waals surface area contributed by atoms with Crippen molar-refractivity contribution in [2.75, 3.05) is 11.9 Å². The van der Waals surface area contributed by atoms with Gasteiger partial charge in [0.15, 0.2) is 0 Å². The second-order valence-electron chi connectivity index (χ2n) is 6.20. The molecular weight excluding hydrogens is 315 g/mol. The fourth-order valence-electron chi connectivity index (χ4n) is 3.02. The number of carboxylic acid groups (broad SMARTS) is 1.